The molecule has 0 bridgehead atoms. The van der Waals surface area contributed by atoms with Gasteiger partial charge in [0.25, 0.3) is 0 Å². The number of amides is 1. The third-order valence-corrected chi connectivity index (χ3v) is 4.90. The van der Waals surface area contributed by atoms with Crippen molar-refractivity contribution >= 4 is 23.6 Å². The molecular weight excluding hydrogens is 322 g/mol. The van der Waals surface area contributed by atoms with E-state index >= 15 is 0 Å². The van der Waals surface area contributed by atoms with Crippen molar-refractivity contribution in [1.29, 1.82) is 0 Å². The van der Waals surface area contributed by atoms with Crippen molar-refractivity contribution in [3.05, 3.63) is 0 Å². The van der Waals surface area contributed by atoms with Gasteiger partial charge in [-0.3, -0.25) is 4.79 Å². The lowest BCUT2D eigenvalue weighted by Gasteiger charge is -2.30. The van der Waals surface area contributed by atoms with Gasteiger partial charge < -0.3 is 20.4 Å². The van der Waals surface area contributed by atoms with Gasteiger partial charge in [0.2, 0.25) is 5.91 Å². The van der Waals surface area contributed by atoms with E-state index in [0.29, 0.717) is 0 Å². The minimum atomic E-state index is 0.0170. The van der Waals surface area contributed by atoms with Crippen LogP contribution in [-0.4, -0.2) is 87.0 Å². The van der Waals surface area contributed by atoms with Crippen molar-refractivity contribution in [2.24, 2.45) is 10.9 Å². The van der Waals surface area contributed by atoms with Gasteiger partial charge in [-0.2, -0.15) is 11.8 Å². The minimum Gasteiger partial charge on any atom is -0.356 e. The van der Waals surface area contributed by atoms with Crippen LogP contribution in [-0.2, 0) is 4.79 Å². The SMILES string of the molecule is CSCCNC(=NCC(=O)N(C)C)NCCCN1CCC(C)CC1. The summed E-state index contributed by atoms with van der Waals surface area (Å²) in [6.07, 6.45) is 5.83. The number of thioether (sulfide) groups is 1. The van der Waals surface area contributed by atoms with Crippen LogP contribution in [0.15, 0.2) is 4.99 Å². The summed E-state index contributed by atoms with van der Waals surface area (Å²) in [5.41, 5.74) is 0. The predicted molar refractivity (Wildman–Crippen MR) is 105 cm³/mol. The largest absolute Gasteiger partial charge is 0.356 e. The van der Waals surface area contributed by atoms with Crippen molar-refractivity contribution in [2.45, 2.75) is 26.2 Å². The molecule has 1 aliphatic heterocycles. The first-order valence-electron chi connectivity index (χ1n) is 8.96. The van der Waals surface area contributed by atoms with Crippen LogP contribution in [0.4, 0.5) is 0 Å². The number of nitrogens with one attached hydrogen (secondary N) is 2. The summed E-state index contributed by atoms with van der Waals surface area (Å²) in [5.74, 6) is 2.66. The molecule has 1 saturated heterocycles. The number of rotatable bonds is 9. The minimum absolute atomic E-state index is 0.0170. The van der Waals surface area contributed by atoms with Crippen molar-refractivity contribution in [2.75, 3.05) is 65.4 Å². The molecule has 7 heteroatoms. The Morgan fingerprint density at radius 1 is 1.25 bits per heavy atom. The molecule has 0 atom stereocenters. The molecule has 1 amide bonds. The number of aliphatic imine (C=N–C) groups is 1. The number of nitrogens with zero attached hydrogens (tertiary/aromatic N) is 3. The quantitative estimate of drug-likeness (QED) is 0.368. The average molecular weight is 358 g/mol. The molecule has 0 spiro atoms. The van der Waals surface area contributed by atoms with Crippen LogP contribution in [0, 0.1) is 5.92 Å². The molecule has 6 nitrogen and oxygen atoms in total. The fourth-order valence-corrected chi connectivity index (χ4v) is 2.84. The maximum absolute atomic E-state index is 11.7. The normalized spacial score (nSPS) is 16.9. The molecule has 1 aliphatic rings. The molecule has 0 unspecified atom stereocenters. The van der Waals surface area contributed by atoms with E-state index in [2.05, 4.69) is 33.7 Å². The van der Waals surface area contributed by atoms with Crippen LogP contribution in [0.5, 0.6) is 0 Å². The summed E-state index contributed by atoms with van der Waals surface area (Å²) in [4.78, 5) is 20.2. The second-order valence-electron chi connectivity index (χ2n) is 6.68. The van der Waals surface area contributed by atoms with Crippen LogP contribution < -0.4 is 10.6 Å². The highest BCUT2D eigenvalue weighted by molar-refractivity contribution is 7.98. The Balaban J connectivity index is 2.29. The first-order valence-corrected chi connectivity index (χ1v) is 10.4. The van der Waals surface area contributed by atoms with E-state index < -0.39 is 0 Å². The van der Waals surface area contributed by atoms with E-state index in [4.69, 9.17) is 0 Å². The Kier molecular flexibility index (Phi) is 10.9. The van der Waals surface area contributed by atoms with Gasteiger partial charge in [-0.15, -0.1) is 0 Å². The van der Waals surface area contributed by atoms with E-state index in [-0.39, 0.29) is 12.5 Å². The van der Waals surface area contributed by atoms with Crippen molar-refractivity contribution in [1.82, 2.24) is 20.4 Å². The third-order valence-electron chi connectivity index (χ3n) is 4.29. The topological polar surface area (TPSA) is 60.0 Å². The zero-order valence-corrected chi connectivity index (χ0v) is 16.6. The smallest absolute Gasteiger partial charge is 0.243 e. The van der Waals surface area contributed by atoms with Crippen molar-refractivity contribution in [3.63, 3.8) is 0 Å². The van der Waals surface area contributed by atoms with Crippen molar-refractivity contribution in [3.8, 4) is 0 Å². The predicted octanol–water partition coefficient (Wildman–Crippen LogP) is 1.09. The van der Waals surface area contributed by atoms with E-state index in [1.807, 2.05) is 0 Å². The summed E-state index contributed by atoms with van der Waals surface area (Å²) in [6.45, 7) is 7.86. The monoisotopic (exact) mass is 357 g/mol. The molecule has 0 aliphatic carbocycles. The highest BCUT2D eigenvalue weighted by Gasteiger charge is 2.14. The summed E-state index contributed by atoms with van der Waals surface area (Å²) >= 11 is 1.79. The van der Waals surface area contributed by atoms with Gasteiger partial charge in [0.1, 0.15) is 6.54 Å². The van der Waals surface area contributed by atoms with Gasteiger partial charge in [-0.25, -0.2) is 4.99 Å². The molecule has 0 aromatic carbocycles. The molecule has 0 saturated carbocycles. The Morgan fingerprint density at radius 2 is 1.92 bits per heavy atom. The molecule has 0 radical (unpaired) electrons. The number of likely N-dealkylation sites (tertiary alicyclic amines) is 1. The highest BCUT2D eigenvalue weighted by Crippen LogP contribution is 2.15. The second kappa shape index (κ2) is 12.4. The van der Waals surface area contributed by atoms with Crippen LogP contribution in [0.25, 0.3) is 0 Å². The van der Waals surface area contributed by atoms with Gasteiger partial charge in [-0.1, -0.05) is 6.92 Å². The van der Waals surface area contributed by atoms with Crippen LogP contribution >= 0.6 is 11.8 Å². The number of carbonyl (C=O) groups is 1. The molecule has 2 N–H and O–H groups in total. The van der Waals surface area contributed by atoms with Gasteiger partial charge in [0, 0.05) is 32.9 Å². The Morgan fingerprint density at radius 3 is 2.54 bits per heavy atom. The van der Waals surface area contributed by atoms with E-state index in [9.17, 15) is 4.79 Å². The Hall–Kier alpha value is -0.950. The zero-order chi connectivity index (χ0) is 17.8. The maximum atomic E-state index is 11.7. The van der Waals surface area contributed by atoms with Crippen molar-refractivity contribution < 1.29 is 4.79 Å². The first-order chi connectivity index (χ1) is 11.5. The number of piperidine rings is 1. The van der Waals surface area contributed by atoms with Crippen LogP contribution in [0.3, 0.4) is 0 Å². The molecule has 1 fully saturated rings. The summed E-state index contributed by atoms with van der Waals surface area (Å²) in [5, 5.41) is 6.65. The second-order valence-corrected chi connectivity index (χ2v) is 7.66. The number of likely N-dealkylation sites (N-methyl/N-ethyl adjacent to an activating group) is 1. The maximum Gasteiger partial charge on any atom is 0.243 e. The number of guanidine groups is 1. The van der Waals surface area contributed by atoms with E-state index in [1.165, 1.54) is 25.9 Å². The average Bonchev–Trinajstić information content (AvgIpc) is 2.57. The number of hydrogen-bond donors (Lipinski definition) is 2. The van der Waals surface area contributed by atoms with Gasteiger partial charge in [0.05, 0.1) is 0 Å². The molecule has 140 valence electrons. The molecule has 1 heterocycles. The number of hydrogen-bond acceptors (Lipinski definition) is 4. The summed E-state index contributed by atoms with van der Waals surface area (Å²) in [7, 11) is 3.51. The zero-order valence-electron chi connectivity index (χ0n) is 15.8. The lowest BCUT2D eigenvalue weighted by molar-refractivity contribution is -0.127. The Bertz CT molecular complexity index is 381. The molecule has 1 rings (SSSR count). The van der Waals surface area contributed by atoms with E-state index in [1.54, 1.807) is 30.8 Å². The van der Waals surface area contributed by atoms with Crippen LogP contribution in [0.1, 0.15) is 26.2 Å². The Labute approximate surface area is 151 Å². The van der Waals surface area contributed by atoms with Crippen LogP contribution in [0.2, 0.25) is 0 Å². The first kappa shape index (κ1) is 21.1. The standard InChI is InChI=1S/C17H35N5OS/c1-15-6-11-22(12-7-15)10-5-8-18-17(19-9-13-24-4)20-14-16(23)21(2)3/h15H,5-14H2,1-4H3,(H2,18,19,20). The van der Waals surface area contributed by atoms with Gasteiger partial charge in [-0.05, 0) is 51.1 Å². The molecule has 0 aromatic heterocycles. The lowest BCUT2D eigenvalue weighted by atomic mass is 9.99. The lowest BCUT2D eigenvalue weighted by Crippen LogP contribution is -2.41. The fourth-order valence-electron chi connectivity index (χ4n) is 2.53. The fraction of sp³-hybridized carbons (Fsp3) is 0.882. The highest BCUT2D eigenvalue weighted by atomic mass is 32.2. The molecule has 24 heavy (non-hydrogen) atoms. The number of carbonyl (C=O) groups excluding carboxylic acids is 1. The summed E-state index contributed by atoms with van der Waals surface area (Å²) in [6, 6.07) is 0. The van der Waals surface area contributed by atoms with E-state index in [0.717, 1.165) is 43.7 Å². The molecular formula is C17H35N5OS. The van der Waals surface area contributed by atoms with Gasteiger partial charge >= 0.3 is 0 Å². The molecule has 0 aromatic rings. The summed E-state index contributed by atoms with van der Waals surface area (Å²) < 4.78 is 0. The van der Waals surface area contributed by atoms with Gasteiger partial charge in [0.15, 0.2) is 5.96 Å². The third kappa shape index (κ3) is 9.37.